The second-order valence-electron chi connectivity index (χ2n) is 5.37. The number of ketones is 1. The molecule has 0 N–H and O–H groups in total. The number of carbonyl (C=O) groups is 1. The number of likely N-dealkylation sites (N-methyl/N-ethyl adjacent to an activating group) is 1. The van der Waals surface area contributed by atoms with Gasteiger partial charge in [-0.25, -0.2) is 0 Å². The summed E-state index contributed by atoms with van der Waals surface area (Å²) in [6.07, 6.45) is 1.14. The van der Waals surface area contributed by atoms with E-state index in [0.717, 1.165) is 31.6 Å². The van der Waals surface area contributed by atoms with Gasteiger partial charge in [0.05, 0.1) is 6.54 Å². The fourth-order valence-corrected chi connectivity index (χ4v) is 2.93. The third kappa shape index (κ3) is 4.26. The van der Waals surface area contributed by atoms with Crippen molar-refractivity contribution >= 4 is 28.4 Å². The molecule has 0 aliphatic carbocycles. The Morgan fingerprint density at radius 1 is 1.32 bits per heavy atom. The van der Waals surface area contributed by atoms with E-state index in [2.05, 4.69) is 46.4 Å². The number of halogens is 1. The lowest BCUT2D eigenvalue weighted by Gasteiger charge is -2.27. The molecule has 0 amide bonds. The molecule has 0 saturated carbocycles. The summed E-state index contributed by atoms with van der Waals surface area (Å²) >= 11 is 2.26. The van der Waals surface area contributed by atoms with Crippen LogP contribution in [-0.2, 0) is 0 Å². The van der Waals surface area contributed by atoms with Crippen LogP contribution >= 0.6 is 22.6 Å². The van der Waals surface area contributed by atoms with Gasteiger partial charge < -0.3 is 4.90 Å². The number of benzene rings is 1. The Hall–Kier alpha value is -0.460. The van der Waals surface area contributed by atoms with Crippen molar-refractivity contribution in [3.8, 4) is 0 Å². The SMILES string of the molecule is CC1CN(C)CCCN1CC(=O)c1ccc(I)cc1. The molecule has 0 bridgehead atoms. The number of Topliss-reactive ketones (excluding diaryl/α,β-unsaturated/α-hetero) is 1. The summed E-state index contributed by atoms with van der Waals surface area (Å²) in [5.41, 5.74) is 0.824. The van der Waals surface area contributed by atoms with Crippen LogP contribution in [0.4, 0.5) is 0 Å². The van der Waals surface area contributed by atoms with E-state index in [0.29, 0.717) is 12.6 Å². The predicted molar refractivity (Wildman–Crippen MR) is 86.6 cm³/mol. The first-order valence-electron chi connectivity index (χ1n) is 6.77. The van der Waals surface area contributed by atoms with Gasteiger partial charge in [0.15, 0.2) is 5.78 Å². The lowest BCUT2D eigenvalue weighted by atomic mass is 10.1. The minimum Gasteiger partial charge on any atom is -0.305 e. The summed E-state index contributed by atoms with van der Waals surface area (Å²) in [5.74, 6) is 0.229. The zero-order chi connectivity index (χ0) is 13.8. The van der Waals surface area contributed by atoms with Gasteiger partial charge in [-0.15, -0.1) is 0 Å². The molecule has 1 atom stereocenters. The molecule has 1 aliphatic heterocycles. The van der Waals surface area contributed by atoms with Crippen LogP contribution in [-0.4, -0.2) is 54.9 Å². The summed E-state index contributed by atoms with van der Waals surface area (Å²) in [4.78, 5) is 17.0. The van der Waals surface area contributed by atoms with Crippen molar-refractivity contribution in [2.75, 3.05) is 33.2 Å². The first-order valence-corrected chi connectivity index (χ1v) is 7.85. The van der Waals surface area contributed by atoms with Crippen LogP contribution in [0.2, 0.25) is 0 Å². The summed E-state index contributed by atoms with van der Waals surface area (Å²) < 4.78 is 1.17. The van der Waals surface area contributed by atoms with Crippen LogP contribution in [0.3, 0.4) is 0 Å². The average molecular weight is 372 g/mol. The van der Waals surface area contributed by atoms with Crippen LogP contribution in [0.15, 0.2) is 24.3 Å². The van der Waals surface area contributed by atoms with Crippen molar-refractivity contribution in [2.45, 2.75) is 19.4 Å². The maximum atomic E-state index is 12.3. The van der Waals surface area contributed by atoms with Gasteiger partial charge >= 0.3 is 0 Å². The van der Waals surface area contributed by atoms with E-state index in [4.69, 9.17) is 0 Å². The van der Waals surface area contributed by atoms with Crippen LogP contribution < -0.4 is 0 Å². The van der Waals surface area contributed by atoms with Crippen LogP contribution in [0.5, 0.6) is 0 Å². The minimum absolute atomic E-state index is 0.229. The molecule has 0 aromatic heterocycles. The van der Waals surface area contributed by atoms with Gasteiger partial charge in [0.1, 0.15) is 0 Å². The van der Waals surface area contributed by atoms with E-state index in [9.17, 15) is 4.79 Å². The van der Waals surface area contributed by atoms with Gasteiger partial charge in [-0.05, 0) is 61.7 Å². The first kappa shape index (κ1) is 14.9. The second-order valence-corrected chi connectivity index (χ2v) is 6.61. The third-order valence-electron chi connectivity index (χ3n) is 3.70. The van der Waals surface area contributed by atoms with Crippen LogP contribution in [0.25, 0.3) is 0 Å². The van der Waals surface area contributed by atoms with E-state index in [1.54, 1.807) is 0 Å². The highest BCUT2D eigenvalue weighted by Crippen LogP contribution is 2.12. The predicted octanol–water partition coefficient (Wildman–Crippen LogP) is 2.50. The highest BCUT2D eigenvalue weighted by molar-refractivity contribution is 14.1. The van der Waals surface area contributed by atoms with Gasteiger partial charge in [-0.2, -0.15) is 0 Å². The Balaban J connectivity index is 1.99. The average Bonchev–Trinajstić information content (AvgIpc) is 2.52. The molecule has 104 valence electrons. The van der Waals surface area contributed by atoms with Crippen LogP contribution in [0, 0.1) is 3.57 Å². The lowest BCUT2D eigenvalue weighted by Crippen LogP contribution is -2.40. The lowest BCUT2D eigenvalue weighted by molar-refractivity contribution is 0.0900. The molecule has 19 heavy (non-hydrogen) atoms. The number of rotatable bonds is 3. The van der Waals surface area contributed by atoms with Gasteiger partial charge in [0.25, 0.3) is 0 Å². The van der Waals surface area contributed by atoms with E-state index >= 15 is 0 Å². The van der Waals surface area contributed by atoms with Crippen molar-refractivity contribution < 1.29 is 4.79 Å². The highest BCUT2D eigenvalue weighted by atomic mass is 127. The number of hydrogen-bond donors (Lipinski definition) is 0. The molecule has 4 heteroatoms. The summed E-state index contributed by atoms with van der Waals surface area (Å²) in [6, 6.07) is 8.29. The topological polar surface area (TPSA) is 23.6 Å². The summed E-state index contributed by atoms with van der Waals surface area (Å²) in [5, 5.41) is 0. The fourth-order valence-electron chi connectivity index (χ4n) is 2.57. The molecule has 1 saturated heterocycles. The Labute approximate surface area is 129 Å². The molecule has 2 rings (SSSR count). The quantitative estimate of drug-likeness (QED) is 0.602. The molecule has 1 aliphatic rings. The maximum absolute atomic E-state index is 12.3. The Morgan fingerprint density at radius 3 is 2.68 bits per heavy atom. The molecule has 1 unspecified atom stereocenters. The zero-order valence-corrected chi connectivity index (χ0v) is 13.8. The van der Waals surface area contributed by atoms with Crippen molar-refractivity contribution in [2.24, 2.45) is 0 Å². The fraction of sp³-hybridized carbons (Fsp3) is 0.533. The number of hydrogen-bond acceptors (Lipinski definition) is 3. The van der Waals surface area contributed by atoms with E-state index in [-0.39, 0.29) is 5.78 Å². The van der Waals surface area contributed by atoms with Crippen molar-refractivity contribution in [1.29, 1.82) is 0 Å². The molecule has 1 fully saturated rings. The van der Waals surface area contributed by atoms with Crippen molar-refractivity contribution in [3.63, 3.8) is 0 Å². The Morgan fingerprint density at radius 2 is 2.00 bits per heavy atom. The zero-order valence-electron chi connectivity index (χ0n) is 11.6. The van der Waals surface area contributed by atoms with E-state index in [1.807, 2.05) is 24.3 Å². The Bertz CT molecular complexity index is 432. The third-order valence-corrected chi connectivity index (χ3v) is 4.42. The summed E-state index contributed by atoms with van der Waals surface area (Å²) in [7, 11) is 2.15. The Kier molecular flexibility index (Phi) is 5.36. The molecular formula is C15H21IN2O. The van der Waals surface area contributed by atoms with Gasteiger partial charge in [0.2, 0.25) is 0 Å². The van der Waals surface area contributed by atoms with Crippen molar-refractivity contribution in [3.05, 3.63) is 33.4 Å². The molecule has 0 spiro atoms. The van der Waals surface area contributed by atoms with Crippen molar-refractivity contribution in [1.82, 2.24) is 9.80 Å². The molecule has 1 aromatic rings. The second kappa shape index (κ2) is 6.81. The van der Waals surface area contributed by atoms with Crippen LogP contribution in [0.1, 0.15) is 23.7 Å². The molecular weight excluding hydrogens is 351 g/mol. The van der Waals surface area contributed by atoms with E-state index in [1.165, 1.54) is 3.57 Å². The molecule has 1 aromatic carbocycles. The normalized spacial score (nSPS) is 22.2. The molecule has 1 heterocycles. The van der Waals surface area contributed by atoms with Gasteiger partial charge in [-0.3, -0.25) is 9.69 Å². The number of nitrogens with zero attached hydrogens (tertiary/aromatic N) is 2. The first-order chi connectivity index (χ1) is 9.06. The van der Waals surface area contributed by atoms with E-state index < -0.39 is 0 Å². The highest BCUT2D eigenvalue weighted by Gasteiger charge is 2.21. The minimum atomic E-state index is 0.229. The largest absolute Gasteiger partial charge is 0.305 e. The molecule has 0 radical (unpaired) electrons. The summed E-state index contributed by atoms with van der Waals surface area (Å²) in [6.45, 7) is 5.93. The standard InChI is InChI=1S/C15H21IN2O/c1-12-10-17(2)8-3-9-18(12)11-15(19)13-4-6-14(16)7-5-13/h4-7,12H,3,8-11H2,1-2H3. The van der Waals surface area contributed by atoms with Gasteiger partial charge in [0, 0.05) is 28.3 Å². The maximum Gasteiger partial charge on any atom is 0.176 e. The molecule has 3 nitrogen and oxygen atoms in total. The van der Waals surface area contributed by atoms with Gasteiger partial charge in [-0.1, -0.05) is 12.1 Å². The number of carbonyl (C=O) groups excluding carboxylic acids is 1. The monoisotopic (exact) mass is 372 g/mol. The smallest absolute Gasteiger partial charge is 0.176 e.